The second-order valence-corrected chi connectivity index (χ2v) is 5.53. The van der Waals surface area contributed by atoms with Gasteiger partial charge in [-0.05, 0) is 12.1 Å². The summed E-state index contributed by atoms with van der Waals surface area (Å²) in [7, 11) is 0.301. The Bertz CT molecular complexity index is 538. The van der Waals surface area contributed by atoms with Gasteiger partial charge in [-0.15, -0.1) is 0 Å². The quantitative estimate of drug-likeness (QED) is 0.591. The smallest absolute Gasteiger partial charge is 0.312 e. The zero-order valence-corrected chi connectivity index (χ0v) is 10.4. The summed E-state index contributed by atoms with van der Waals surface area (Å²) in [5, 5.41) is 10.7. The molecule has 1 aromatic carbocycles. The van der Waals surface area contributed by atoms with Gasteiger partial charge < -0.3 is 4.74 Å². The van der Waals surface area contributed by atoms with E-state index in [1.807, 2.05) is 0 Å². The van der Waals surface area contributed by atoms with Gasteiger partial charge in [0.25, 0.3) is 0 Å². The van der Waals surface area contributed by atoms with E-state index in [9.17, 15) is 18.5 Å². The van der Waals surface area contributed by atoms with Crippen molar-refractivity contribution in [3.05, 3.63) is 28.3 Å². The fraction of sp³-hybridized carbons (Fsp3) is 0.333. The predicted octanol–water partition coefficient (Wildman–Crippen LogP) is 0.854. The fourth-order valence-corrected chi connectivity index (χ4v) is 2.11. The molecular weight excluding hydrogens is 248 g/mol. The van der Waals surface area contributed by atoms with Crippen molar-refractivity contribution >= 4 is 15.7 Å². The molecule has 0 radical (unpaired) electrons. The third-order valence-corrected chi connectivity index (χ3v) is 3.94. The Morgan fingerprint density at radius 2 is 1.94 bits per heavy atom. The maximum Gasteiger partial charge on any atom is 0.312 e. The van der Waals surface area contributed by atoms with E-state index in [1.54, 1.807) is 0 Å². The van der Waals surface area contributed by atoms with Crippen molar-refractivity contribution in [3.63, 3.8) is 0 Å². The number of ether oxygens (including phenoxy) is 1. The van der Waals surface area contributed by atoms with Crippen LogP contribution >= 0.6 is 0 Å². The van der Waals surface area contributed by atoms with Crippen molar-refractivity contribution < 1.29 is 18.1 Å². The molecule has 17 heavy (non-hydrogen) atoms. The van der Waals surface area contributed by atoms with E-state index in [-0.39, 0.29) is 16.3 Å². The summed E-state index contributed by atoms with van der Waals surface area (Å²) >= 11 is 0. The van der Waals surface area contributed by atoms with Gasteiger partial charge in [-0.3, -0.25) is 10.1 Å². The second-order valence-electron chi connectivity index (χ2n) is 3.38. The lowest BCUT2D eigenvalue weighted by molar-refractivity contribution is -0.386. The molecule has 8 heteroatoms. The number of nitrogens with zero attached hydrogens (tertiary/aromatic N) is 2. The highest BCUT2D eigenvalue weighted by Crippen LogP contribution is 2.29. The van der Waals surface area contributed by atoms with Crippen LogP contribution in [0.3, 0.4) is 0 Å². The van der Waals surface area contributed by atoms with Crippen molar-refractivity contribution in [1.82, 2.24) is 4.31 Å². The molecule has 1 rings (SSSR count). The molecule has 0 bridgehead atoms. The number of benzene rings is 1. The highest BCUT2D eigenvalue weighted by molar-refractivity contribution is 7.89. The molecule has 0 N–H and O–H groups in total. The Morgan fingerprint density at radius 1 is 1.35 bits per heavy atom. The zero-order valence-electron chi connectivity index (χ0n) is 9.58. The standard InChI is InChI=1S/C9H12N2O5S/c1-10(2)17(14,15)7-4-5-9(16-3)8(6-7)11(12)13/h4-6H,1-3H3. The van der Waals surface area contributed by atoms with Gasteiger partial charge in [-0.1, -0.05) is 0 Å². The van der Waals surface area contributed by atoms with Gasteiger partial charge >= 0.3 is 5.69 Å². The maximum absolute atomic E-state index is 11.8. The molecule has 0 saturated carbocycles. The predicted molar refractivity (Wildman–Crippen MR) is 60.5 cm³/mol. The van der Waals surface area contributed by atoms with Crippen molar-refractivity contribution in [2.45, 2.75) is 4.90 Å². The molecule has 0 amide bonds. The van der Waals surface area contributed by atoms with E-state index in [0.717, 1.165) is 10.4 Å². The number of nitro groups is 1. The first-order valence-corrected chi connectivity index (χ1v) is 5.99. The number of hydrogen-bond donors (Lipinski definition) is 0. The molecule has 0 aliphatic rings. The molecule has 1 aromatic rings. The summed E-state index contributed by atoms with van der Waals surface area (Å²) in [5.41, 5.74) is -0.379. The molecule has 94 valence electrons. The topological polar surface area (TPSA) is 89.8 Å². The minimum Gasteiger partial charge on any atom is -0.490 e. The van der Waals surface area contributed by atoms with Gasteiger partial charge in [0.05, 0.1) is 16.9 Å². The first kappa shape index (κ1) is 13.4. The van der Waals surface area contributed by atoms with Gasteiger partial charge in [0.1, 0.15) is 0 Å². The van der Waals surface area contributed by atoms with Crippen molar-refractivity contribution in [2.75, 3.05) is 21.2 Å². The summed E-state index contributed by atoms with van der Waals surface area (Å²) in [4.78, 5) is 9.92. The fourth-order valence-electron chi connectivity index (χ4n) is 1.18. The van der Waals surface area contributed by atoms with Crippen LogP contribution in [0.5, 0.6) is 5.75 Å². The first-order valence-electron chi connectivity index (χ1n) is 4.55. The van der Waals surface area contributed by atoms with E-state index in [4.69, 9.17) is 4.74 Å². The lowest BCUT2D eigenvalue weighted by Gasteiger charge is -2.11. The van der Waals surface area contributed by atoms with Gasteiger partial charge in [0.2, 0.25) is 10.0 Å². The average molecular weight is 260 g/mol. The molecular formula is C9H12N2O5S. The van der Waals surface area contributed by atoms with E-state index < -0.39 is 14.9 Å². The molecule has 0 unspecified atom stereocenters. The summed E-state index contributed by atoms with van der Waals surface area (Å²) in [6, 6.07) is 3.50. The lowest BCUT2D eigenvalue weighted by Crippen LogP contribution is -2.22. The SMILES string of the molecule is COc1ccc(S(=O)(=O)N(C)C)cc1[N+](=O)[O-]. The Morgan fingerprint density at radius 3 is 2.35 bits per heavy atom. The minimum absolute atomic E-state index is 0.0210. The minimum atomic E-state index is -3.68. The number of sulfonamides is 1. The molecule has 0 saturated heterocycles. The third kappa shape index (κ3) is 2.53. The Hall–Kier alpha value is -1.67. The van der Waals surface area contributed by atoms with Crippen LogP contribution in [0, 0.1) is 10.1 Å². The van der Waals surface area contributed by atoms with E-state index in [1.165, 1.54) is 33.3 Å². The monoisotopic (exact) mass is 260 g/mol. The Balaban J connectivity index is 3.41. The van der Waals surface area contributed by atoms with Crippen LogP contribution in [0.25, 0.3) is 0 Å². The van der Waals surface area contributed by atoms with Crippen LogP contribution in [0.2, 0.25) is 0 Å². The van der Waals surface area contributed by atoms with Gasteiger partial charge in [0.15, 0.2) is 5.75 Å². The third-order valence-electron chi connectivity index (χ3n) is 2.13. The lowest BCUT2D eigenvalue weighted by atomic mass is 10.3. The summed E-state index contributed by atoms with van der Waals surface area (Å²) in [5.74, 6) is 0.0210. The van der Waals surface area contributed by atoms with Gasteiger partial charge in [-0.25, -0.2) is 12.7 Å². The highest BCUT2D eigenvalue weighted by atomic mass is 32.2. The van der Waals surface area contributed by atoms with Crippen molar-refractivity contribution in [2.24, 2.45) is 0 Å². The Kier molecular flexibility index (Phi) is 3.69. The van der Waals surface area contributed by atoms with E-state index >= 15 is 0 Å². The van der Waals surface area contributed by atoms with E-state index in [2.05, 4.69) is 0 Å². The number of rotatable bonds is 4. The molecule has 0 aliphatic carbocycles. The van der Waals surface area contributed by atoms with Crippen LogP contribution in [0.4, 0.5) is 5.69 Å². The van der Waals surface area contributed by atoms with Crippen LogP contribution < -0.4 is 4.74 Å². The number of hydrogen-bond acceptors (Lipinski definition) is 5. The molecule has 0 atom stereocenters. The molecule has 0 aliphatic heterocycles. The van der Waals surface area contributed by atoms with Crippen molar-refractivity contribution in [3.8, 4) is 5.75 Å². The first-order chi connectivity index (χ1) is 7.80. The average Bonchev–Trinajstić information content (AvgIpc) is 2.27. The maximum atomic E-state index is 11.8. The summed E-state index contributed by atoms with van der Waals surface area (Å²) < 4.78 is 29.3. The van der Waals surface area contributed by atoms with E-state index in [0.29, 0.717) is 0 Å². The molecule has 0 spiro atoms. The van der Waals surface area contributed by atoms with Gasteiger partial charge in [-0.2, -0.15) is 0 Å². The summed E-state index contributed by atoms with van der Waals surface area (Å²) in [6.07, 6.45) is 0. The number of nitro benzene ring substituents is 1. The van der Waals surface area contributed by atoms with Crippen LogP contribution in [0.15, 0.2) is 23.1 Å². The highest BCUT2D eigenvalue weighted by Gasteiger charge is 2.23. The molecule has 0 fully saturated rings. The van der Waals surface area contributed by atoms with Crippen LogP contribution in [0.1, 0.15) is 0 Å². The molecule has 0 aromatic heterocycles. The zero-order chi connectivity index (χ0) is 13.2. The van der Waals surface area contributed by atoms with Gasteiger partial charge in [0, 0.05) is 20.2 Å². The number of methoxy groups -OCH3 is 1. The van der Waals surface area contributed by atoms with Crippen LogP contribution in [-0.2, 0) is 10.0 Å². The molecule has 7 nitrogen and oxygen atoms in total. The van der Waals surface area contributed by atoms with Crippen LogP contribution in [-0.4, -0.2) is 38.9 Å². The Labute approximate surface area is 98.8 Å². The van der Waals surface area contributed by atoms with Crippen molar-refractivity contribution in [1.29, 1.82) is 0 Å². The second kappa shape index (κ2) is 4.68. The largest absolute Gasteiger partial charge is 0.490 e. The summed E-state index contributed by atoms with van der Waals surface area (Å²) in [6.45, 7) is 0. The molecule has 0 heterocycles. The normalized spacial score (nSPS) is 11.5.